The van der Waals surface area contributed by atoms with Gasteiger partial charge < -0.3 is 25.1 Å². The number of aliphatic hydroxyl groups is 2. The van der Waals surface area contributed by atoms with Crippen molar-refractivity contribution in [3.63, 3.8) is 0 Å². The lowest BCUT2D eigenvalue weighted by molar-refractivity contribution is -0.0526. The molecule has 2 heterocycles. The van der Waals surface area contributed by atoms with Gasteiger partial charge in [-0.25, -0.2) is 4.79 Å². The van der Waals surface area contributed by atoms with E-state index in [-0.39, 0.29) is 23.0 Å². The van der Waals surface area contributed by atoms with Gasteiger partial charge in [-0.2, -0.15) is 4.98 Å². The van der Waals surface area contributed by atoms with Crippen LogP contribution in [0.5, 0.6) is 0 Å². The fourth-order valence-corrected chi connectivity index (χ4v) is 9.40. The molecule has 190 valence electrons. The maximum Gasteiger partial charge on any atom is 0.351 e. The number of rotatable bonds is 7. The summed E-state index contributed by atoms with van der Waals surface area (Å²) in [7, 11) is -2.92. The summed E-state index contributed by atoms with van der Waals surface area (Å²) in [5.74, 6) is -0.217. The number of nitrogens with zero attached hydrogens (tertiary/aromatic N) is 2. The Balaban J connectivity index is 1.69. The van der Waals surface area contributed by atoms with Crippen molar-refractivity contribution in [2.75, 3.05) is 12.3 Å². The second-order valence-electron chi connectivity index (χ2n) is 9.91. The molecular formula is C26H31N3O6Si. The van der Waals surface area contributed by atoms with Crippen molar-refractivity contribution >= 4 is 30.8 Å². The first-order chi connectivity index (χ1) is 17.1. The van der Waals surface area contributed by atoms with Crippen LogP contribution >= 0.6 is 0 Å². The van der Waals surface area contributed by atoms with Gasteiger partial charge in [0.1, 0.15) is 24.1 Å². The number of aromatic nitrogens is 2. The lowest BCUT2D eigenvalue weighted by atomic mass is 10.1. The van der Waals surface area contributed by atoms with Crippen molar-refractivity contribution in [3.8, 4) is 0 Å². The Morgan fingerprint density at radius 1 is 1.06 bits per heavy atom. The summed E-state index contributed by atoms with van der Waals surface area (Å²) in [6.45, 7) is 6.36. The van der Waals surface area contributed by atoms with Gasteiger partial charge in [0.2, 0.25) is 0 Å². The number of carbonyl (C=O) groups is 1. The molecule has 1 fully saturated rings. The highest BCUT2D eigenvalue weighted by Gasteiger charge is 2.52. The van der Waals surface area contributed by atoms with Gasteiger partial charge in [0.25, 0.3) is 8.32 Å². The van der Waals surface area contributed by atoms with Crippen LogP contribution in [-0.2, 0) is 9.16 Å². The van der Waals surface area contributed by atoms with E-state index in [0.29, 0.717) is 6.29 Å². The van der Waals surface area contributed by atoms with Crippen molar-refractivity contribution in [3.05, 3.63) is 82.9 Å². The van der Waals surface area contributed by atoms with Crippen molar-refractivity contribution in [1.82, 2.24) is 9.55 Å². The number of nitrogens with two attached hydrogens (primary N) is 1. The highest BCUT2D eigenvalue weighted by atomic mass is 28.4. The number of benzene rings is 2. The molecule has 1 aliphatic rings. The Morgan fingerprint density at radius 3 is 2.11 bits per heavy atom. The molecule has 36 heavy (non-hydrogen) atoms. The second-order valence-corrected chi connectivity index (χ2v) is 14.2. The van der Waals surface area contributed by atoms with Crippen LogP contribution in [0.4, 0.5) is 5.82 Å². The smallest absolute Gasteiger partial charge is 0.351 e. The van der Waals surface area contributed by atoms with Crippen LogP contribution in [-0.4, -0.2) is 59.3 Å². The molecule has 0 saturated carbocycles. The molecule has 4 N–H and O–H groups in total. The number of hydrogen-bond acceptors (Lipinski definition) is 8. The number of nitrogen functional groups attached to an aromatic ring is 1. The van der Waals surface area contributed by atoms with E-state index >= 15 is 0 Å². The summed E-state index contributed by atoms with van der Waals surface area (Å²) in [5.41, 5.74) is 4.79. The largest absolute Gasteiger partial charge is 0.405 e. The fraction of sp³-hybridized carbons (Fsp3) is 0.346. The third-order valence-electron chi connectivity index (χ3n) is 6.63. The van der Waals surface area contributed by atoms with Crippen LogP contribution < -0.4 is 21.8 Å². The van der Waals surface area contributed by atoms with Crippen molar-refractivity contribution in [2.45, 2.75) is 50.3 Å². The molecule has 0 unspecified atom stereocenters. The molecule has 3 aromatic rings. The minimum atomic E-state index is -2.92. The number of aldehydes is 1. The molecule has 0 bridgehead atoms. The van der Waals surface area contributed by atoms with Crippen molar-refractivity contribution in [1.29, 1.82) is 0 Å². The highest BCUT2D eigenvalue weighted by Crippen LogP contribution is 2.38. The number of aliphatic hydroxyl groups excluding tert-OH is 2. The zero-order chi connectivity index (χ0) is 26.1. The summed E-state index contributed by atoms with van der Waals surface area (Å²) in [6.07, 6.45) is -3.34. The summed E-state index contributed by atoms with van der Waals surface area (Å²) >= 11 is 0. The molecule has 1 saturated heterocycles. The van der Waals surface area contributed by atoms with E-state index < -0.39 is 38.5 Å². The van der Waals surface area contributed by atoms with Crippen LogP contribution in [0, 0.1) is 0 Å². The molecule has 1 aliphatic heterocycles. The second kappa shape index (κ2) is 10.1. The highest BCUT2D eigenvalue weighted by molar-refractivity contribution is 6.99. The molecule has 4 atom stereocenters. The van der Waals surface area contributed by atoms with E-state index in [1.807, 2.05) is 36.4 Å². The molecule has 0 amide bonds. The zero-order valence-corrected chi connectivity index (χ0v) is 21.4. The van der Waals surface area contributed by atoms with Gasteiger partial charge in [-0.15, -0.1) is 0 Å². The van der Waals surface area contributed by atoms with Gasteiger partial charge in [-0.05, 0) is 15.4 Å². The molecular weight excluding hydrogens is 478 g/mol. The standard InChI is InChI=1S/C26H31N3O6Si/c1-26(2,3)36(18-10-6-4-7-11-18,19-12-8-5-9-13-19)34-16-20-21(31)22(32)24(35-20)29-14-17(15-30)23(27)28-25(29)33/h4-15,20-22,24,31-32H,16H2,1-3H3,(H2,27,28,33)/t20-,21-,22-,24-/m1/s1. The first-order valence-electron chi connectivity index (χ1n) is 11.7. The number of carbonyl (C=O) groups excluding carboxylic acids is 1. The first kappa shape index (κ1) is 25.9. The zero-order valence-electron chi connectivity index (χ0n) is 20.4. The summed E-state index contributed by atoms with van der Waals surface area (Å²) in [6, 6.07) is 20.0. The van der Waals surface area contributed by atoms with Gasteiger partial charge in [-0.1, -0.05) is 81.4 Å². The van der Waals surface area contributed by atoms with E-state index in [2.05, 4.69) is 50.0 Å². The Labute approximate surface area is 210 Å². The van der Waals surface area contributed by atoms with Crippen LogP contribution in [0.1, 0.15) is 37.4 Å². The van der Waals surface area contributed by atoms with Crippen LogP contribution in [0.15, 0.2) is 71.7 Å². The molecule has 4 rings (SSSR count). The SMILES string of the molecule is CC(C)(C)[Si](OC[C@H]1O[C@@H](n2cc(C=O)c(N)nc2=O)[C@H](O)[C@@H]1O)(c1ccccc1)c1ccccc1. The predicted octanol–water partition coefficient (Wildman–Crippen LogP) is 0.834. The van der Waals surface area contributed by atoms with E-state index in [1.165, 1.54) is 6.20 Å². The van der Waals surface area contributed by atoms with Gasteiger partial charge >= 0.3 is 5.69 Å². The van der Waals surface area contributed by atoms with Crippen LogP contribution in [0.25, 0.3) is 0 Å². The minimum absolute atomic E-state index is 0.0214. The normalized spacial score (nSPS) is 22.5. The van der Waals surface area contributed by atoms with Crippen LogP contribution in [0.3, 0.4) is 0 Å². The molecule has 0 spiro atoms. The third-order valence-corrected chi connectivity index (χ3v) is 11.6. The van der Waals surface area contributed by atoms with Crippen molar-refractivity contribution in [2.24, 2.45) is 0 Å². The Kier molecular flexibility index (Phi) is 7.25. The molecule has 9 nitrogen and oxygen atoms in total. The first-order valence-corrected chi connectivity index (χ1v) is 13.6. The Bertz CT molecular complexity index is 1220. The average Bonchev–Trinajstić information content (AvgIpc) is 3.13. The van der Waals surface area contributed by atoms with E-state index in [1.54, 1.807) is 0 Å². The Morgan fingerprint density at radius 2 is 1.61 bits per heavy atom. The van der Waals surface area contributed by atoms with E-state index in [0.717, 1.165) is 14.9 Å². The minimum Gasteiger partial charge on any atom is -0.405 e. The van der Waals surface area contributed by atoms with E-state index in [9.17, 15) is 19.8 Å². The summed E-state index contributed by atoms with van der Waals surface area (Å²) in [5, 5.41) is 23.4. The van der Waals surface area contributed by atoms with Gasteiger partial charge in [0, 0.05) is 6.20 Å². The predicted molar refractivity (Wildman–Crippen MR) is 138 cm³/mol. The molecule has 0 aliphatic carbocycles. The molecule has 10 heteroatoms. The fourth-order valence-electron chi connectivity index (χ4n) is 4.84. The third kappa shape index (κ3) is 4.53. The van der Waals surface area contributed by atoms with Crippen molar-refractivity contribution < 1.29 is 24.2 Å². The molecule has 0 radical (unpaired) electrons. The maximum absolute atomic E-state index is 12.4. The van der Waals surface area contributed by atoms with Gasteiger partial charge in [0.15, 0.2) is 12.5 Å². The van der Waals surface area contributed by atoms with Crippen LogP contribution in [0.2, 0.25) is 5.04 Å². The molecule has 1 aromatic heterocycles. The summed E-state index contributed by atoms with van der Waals surface area (Å²) in [4.78, 5) is 27.3. The number of anilines is 1. The summed E-state index contributed by atoms with van der Waals surface area (Å²) < 4.78 is 13.7. The lowest BCUT2D eigenvalue weighted by Gasteiger charge is -2.43. The number of ether oxygens (including phenoxy) is 1. The average molecular weight is 510 g/mol. The molecule has 2 aromatic carbocycles. The quantitative estimate of drug-likeness (QED) is 0.315. The van der Waals surface area contributed by atoms with Gasteiger partial charge in [-0.3, -0.25) is 9.36 Å². The lowest BCUT2D eigenvalue weighted by Crippen LogP contribution is -2.67. The Hall–Kier alpha value is -3.15. The topological polar surface area (TPSA) is 137 Å². The monoisotopic (exact) mass is 509 g/mol. The van der Waals surface area contributed by atoms with E-state index in [4.69, 9.17) is 14.9 Å². The maximum atomic E-state index is 12.4. The number of hydrogen-bond donors (Lipinski definition) is 3. The van der Waals surface area contributed by atoms with Gasteiger partial charge in [0.05, 0.1) is 12.2 Å².